The molecular weight excluding hydrogens is 292 g/mol. The monoisotopic (exact) mass is 318 g/mol. The van der Waals surface area contributed by atoms with Gasteiger partial charge in [0.15, 0.2) is 11.5 Å². The number of hydrogen-bond donors (Lipinski definition) is 2. The van der Waals surface area contributed by atoms with Gasteiger partial charge in [0.25, 0.3) is 0 Å². The van der Waals surface area contributed by atoms with Crippen LogP contribution in [0.3, 0.4) is 0 Å². The van der Waals surface area contributed by atoms with Gasteiger partial charge < -0.3 is 20.5 Å². The maximum Gasteiger partial charge on any atom is 0.225 e. The first-order valence-corrected chi connectivity index (χ1v) is 8.49. The molecule has 1 aromatic carbocycles. The topological polar surface area (TPSA) is 73.6 Å². The average molecular weight is 318 g/mol. The number of carbonyl (C=O) groups excluding carboxylic acids is 1. The minimum absolute atomic E-state index is 0.0248. The molecule has 1 aromatic rings. The van der Waals surface area contributed by atoms with E-state index < -0.39 is 0 Å². The summed E-state index contributed by atoms with van der Waals surface area (Å²) in [6.07, 6.45) is 4.12. The first-order valence-electron chi connectivity index (χ1n) is 8.49. The number of nitrogens with two attached hydrogens (primary N) is 1. The molecule has 2 atom stereocenters. The molecule has 0 radical (unpaired) electrons. The van der Waals surface area contributed by atoms with E-state index in [1.165, 1.54) is 0 Å². The normalized spacial score (nSPS) is 21.5. The van der Waals surface area contributed by atoms with Gasteiger partial charge in [0, 0.05) is 12.0 Å². The van der Waals surface area contributed by atoms with Gasteiger partial charge in [0.1, 0.15) is 13.2 Å². The van der Waals surface area contributed by atoms with Crippen LogP contribution in [-0.2, 0) is 10.3 Å². The quantitative estimate of drug-likeness (QED) is 0.893. The number of carbonyl (C=O) groups is 1. The number of amides is 1. The van der Waals surface area contributed by atoms with Crippen LogP contribution in [0.15, 0.2) is 18.2 Å². The number of rotatable bonds is 4. The molecule has 1 fully saturated rings. The fourth-order valence-corrected chi connectivity index (χ4v) is 3.39. The van der Waals surface area contributed by atoms with Crippen molar-refractivity contribution in [3.05, 3.63) is 23.8 Å². The van der Waals surface area contributed by atoms with E-state index in [1.807, 2.05) is 26.0 Å². The van der Waals surface area contributed by atoms with Gasteiger partial charge in [-0.25, -0.2) is 0 Å². The lowest BCUT2D eigenvalue weighted by molar-refractivity contribution is -0.127. The Morgan fingerprint density at radius 1 is 1.17 bits per heavy atom. The Labute approximate surface area is 137 Å². The highest BCUT2D eigenvalue weighted by Crippen LogP contribution is 2.42. The summed E-state index contributed by atoms with van der Waals surface area (Å²) < 4.78 is 11.3. The van der Waals surface area contributed by atoms with Crippen molar-refractivity contribution in [3.8, 4) is 11.5 Å². The van der Waals surface area contributed by atoms with Crippen LogP contribution in [0.2, 0.25) is 0 Å². The lowest BCUT2D eigenvalue weighted by atomic mass is 9.86. The third-order valence-electron chi connectivity index (χ3n) is 5.12. The fraction of sp³-hybridized carbons (Fsp3) is 0.611. The van der Waals surface area contributed by atoms with Crippen molar-refractivity contribution < 1.29 is 14.3 Å². The summed E-state index contributed by atoms with van der Waals surface area (Å²) in [6.45, 7) is 4.90. The van der Waals surface area contributed by atoms with E-state index in [9.17, 15) is 4.79 Å². The molecule has 3 rings (SSSR count). The zero-order valence-corrected chi connectivity index (χ0v) is 13.9. The van der Waals surface area contributed by atoms with Crippen molar-refractivity contribution in [1.82, 2.24) is 5.32 Å². The minimum Gasteiger partial charge on any atom is -0.486 e. The van der Waals surface area contributed by atoms with Crippen LogP contribution in [0.5, 0.6) is 11.5 Å². The second kappa shape index (κ2) is 6.40. The highest BCUT2D eigenvalue weighted by atomic mass is 16.6. The molecule has 1 saturated carbocycles. The molecule has 0 bridgehead atoms. The number of ether oxygens (including phenoxy) is 2. The lowest BCUT2D eigenvalue weighted by Crippen LogP contribution is -2.48. The van der Waals surface area contributed by atoms with E-state index >= 15 is 0 Å². The summed E-state index contributed by atoms with van der Waals surface area (Å²) in [7, 11) is 0. The maximum atomic E-state index is 12.6. The van der Waals surface area contributed by atoms with E-state index in [4.69, 9.17) is 15.2 Å². The first-order chi connectivity index (χ1) is 11.0. The lowest BCUT2D eigenvalue weighted by Gasteiger charge is -2.33. The van der Waals surface area contributed by atoms with Crippen LogP contribution in [-0.4, -0.2) is 25.2 Å². The van der Waals surface area contributed by atoms with Crippen LogP contribution in [0, 0.1) is 5.92 Å². The van der Waals surface area contributed by atoms with Gasteiger partial charge in [-0.1, -0.05) is 25.8 Å². The number of benzene rings is 1. The average Bonchev–Trinajstić information content (AvgIpc) is 3.03. The van der Waals surface area contributed by atoms with E-state index in [0.717, 1.165) is 42.7 Å². The Kier molecular flexibility index (Phi) is 4.48. The van der Waals surface area contributed by atoms with Crippen molar-refractivity contribution >= 4 is 5.91 Å². The van der Waals surface area contributed by atoms with E-state index in [2.05, 4.69) is 11.4 Å². The Bertz CT molecular complexity index is 580. The molecule has 3 N–H and O–H groups in total. The van der Waals surface area contributed by atoms with E-state index in [1.54, 1.807) is 0 Å². The van der Waals surface area contributed by atoms with Crippen LogP contribution in [0.1, 0.15) is 45.1 Å². The van der Waals surface area contributed by atoms with Crippen molar-refractivity contribution in [3.63, 3.8) is 0 Å². The second-order valence-corrected chi connectivity index (χ2v) is 6.78. The molecule has 2 aliphatic rings. The first kappa shape index (κ1) is 16.1. The summed E-state index contributed by atoms with van der Waals surface area (Å²) in [6, 6.07) is 5.87. The molecule has 0 saturated heterocycles. The smallest absolute Gasteiger partial charge is 0.225 e. The molecule has 2 unspecified atom stereocenters. The van der Waals surface area contributed by atoms with Crippen LogP contribution >= 0.6 is 0 Å². The number of hydrogen-bond acceptors (Lipinski definition) is 4. The molecule has 5 nitrogen and oxygen atoms in total. The van der Waals surface area contributed by atoms with Crippen molar-refractivity contribution in [2.24, 2.45) is 11.7 Å². The standard InChI is InChI=1S/C18H26N2O3/c1-12(13(2)19)17(21)20-18(7-3-4-8-18)14-5-6-15-16(11-14)23-10-9-22-15/h5-6,11-13H,3-4,7-10,19H2,1-2H3,(H,20,21). The molecule has 1 amide bonds. The van der Waals surface area contributed by atoms with Gasteiger partial charge >= 0.3 is 0 Å². The summed E-state index contributed by atoms with van der Waals surface area (Å²) in [5, 5.41) is 3.28. The van der Waals surface area contributed by atoms with Crippen LogP contribution < -0.4 is 20.5 Å². The van der Waals surface area contributed by atoms with Gasteiger partial charge in [-0.15, -0.1) is 0 Å². The molecule has 23 heavy (non-hydrogen) atoms. The molecule has 0 aromatic heterocycles. The van der Waals surface area contributed by atoms with E-state index in [0.29, 0.717) is 13.2 Å². The molecular formula is C18H26N2O3. The van der Waals surface area contributed by atoms with E-state index in [-0.39, 0.29) is 23.4 Å². The van der Waals surface area contributed by atoms with Crippen molar-refractivity contribution in [2.75, 3.05) is 13.2 Å². The summed E-state index contributed by atoms with van der Waals surface area (Å²) in [5.74, 6) is 1.37. The van der Waals surface area contributed by atoms with Crippen LogP contribution in [0.4, 0.5) is 0 Å². The van der Waals surface area contributed by atoms with Gasteiger partial charge in [0.2, 0.25) is 5.91 Å². The molecule has 1 heterocycles. The highest BCUT2D eigenvalue weighted by molar-refractivity contribution is 5.80. The van der Waals surface area contributed by atoms with Crippen molar-refractivity contribution in [2.45, 2.75) is 51.1 Å². The maximum absolute atomic E-state index is 12.6. The number of nitrogens with one attached hydrogen (secondary N) is 1. The minimum atomic E-state index is -0.309. The molecule has 126 valence electrons. The predicted molar refractivity (Wildman–Crippen MR) is 88.5 cm³/mol. The van der Waals surface area contributed by atoms with Gasteiger partial charge in [-0.2, -0.15) is 0 Å². The summed E-state index contributed by atoms with van der Waals surface area (Å²) in [5.41, 5.74) is 6.68. The third-order valence-corrected chi connectivity index (χ3v) is 5.12. The Morgan fingerprint density at radius 2 is 1.83 bits per heavy atom. The second-order valence-electron chi connectivity index (χ2n) is 6.78. The van der Waals surface area contributed by atoms with Gasteiger partial charge in [-0.3, -0.25) is 4.79 Å². The van der Waals surface area contributed by atoms with Crippen molar-refractivity contribution in [1.29, 1.82) is 0 Å². The van der Waals surface area contributed by atoms with Gasteiger partial charge in [-0.05, 0) is 37.5 Å². The molecule has 1 aliphatic carbocycles. The fourth-order valence-electron chi connectivity index (χ4n) is 3.39. The largest absolute Gasteiger partial charge is 0.486 e. The highest BCUT2D eigenvalue weighted by Gasteiger charge is 2.39. The molecule has 5 heteroatoms. The summed E-state index contributed by atoms with van der Waals surface area (Å²) in [4.78, 5) is 12.6. The summed E-state index contributed by atoms with van der Waals surface area (Å²) >= 11 is 0. The Balaban J connectivity index is 1.87. The Morgan fingerprint density at radius 3 is 2.48 bits per heavy atom. The molecule has 1 aliphatic heterocycles. The zero-order valence-electron chi connectivity index (χ0n) is 13.9. The zero-order chi connectivity index (χ0) is 16.4. The SMILES string of the molecule is CC(N)C(C)C(=O)NC1(c2ccc3c(c2)OCCO3)CCCC1. The predicted octanol–water partition coefficient (Wildman–Crippen LogP) is 2.33. The van der Waals surface area contributed by atoms with Crippen LogP contribution in [0.25, 0.3) is 0 Å². The third kappa shape index (κ3) is 3.15. The molecule has 0 spiro atoms. The van der Waals surface area contributed by atoms with Gasteiger partial charge in [0.05, 0.1) is 5.54 Å². The Hall–Kier alpha value is -1.75. The number of fused-ring (bicyclic) bond motifs is 1.